The minimum absolute atomic E-state index is 0.00853. The zero-order valence-corrected chi connectivity index (χ0v) is 12.0. The van der Waals surface area contributed by atoms with Gasteiger partial charge < -0.3 is 15.4 Å². The predicted molar refractivity (Wildman–Crippen MR) is 82.2 cm³/mol. The summed E-state index contributed by atoms with van der Waals surface area (Å²) < 4.78 is 5.24. The summed E-state index contributed by atoms with van der Waals surface area (Å²) in [5.41, 5.74) is 1.93. The topological polar surface area (TPSA) is 63.2 Å². The fourth-order valence-corrected chi connectivity index (χ4v) is 1.89. The number of carbonyl (C=O) groups is 1. The Labute approximate surface area is 124 Å². The number of carbonyl (C=O) groups excluding carboxylic acids is 1. The van der Waals surface area contributed by atoms with Gasteiger partial charge in [-0.05, 0) is 29.8 Å². The van der Waals surface area contributed by atoms with Gasteiger partial charge in [-0.15, -0.1) is 0 Å². The van der Waals surface area contributed by atoms with Crippen LogP contribution in [0.25, 0.3) is 0 Å². The lowest BCUT2D eigenvalue weighted by atomic mass is 10.2. The Balaban J connectivity index is 1.72. The van der Waals surface area contributed by atoms with E-state index in [1.807, 2.05) is 36.4 Å². The third-order valence-electron chi connectivity index (χ3n) is 3.01. The first-order valence-electron chi connectivity index (χ1n) is 6.82. The molecule has 110 valence electrons. The quantitative estimate of drug-likeness (QED) is 0.818. The Morgan fingerprint density at radius 3 is 2.71 bits per heavy atom. The van der Waals surface area contributed by atoms with Gasteiger partial charge in [-0.3, -0.25) is 9.78 Å². The van der Waals surface area contributed by atoms with Crippen LogP contribution in [0.4, 0.5) is 5.69 Å². The third kappa shape index (κ3) is 4.80. The van der Waals surface area contributed by atoms with E-state index >= 15 is 0 Å². The standard InChI is InChI=1S/C16H19N3O2/c1-21-15-5-3-2-4-14(15)18-11-8-16(20)19-12-13-6-9-17-10-7-13/h2-7,9-10,18H,8,11-12H2,1H3,(H,19,20). The summed E-state index contributed by atoms with van der Waals surface area (Å²) >= 11 is 0. The second kappa shape index (κ2) is 7.89. The van der Waals surface area contributed by atoms with E-state index in [2.05, 4.69) is 15.6 Å². The lowest BCUT2D eigenvalue weighted by Crippen LogP contribution is -2.24. The predicted octanol–water partition coefficient (Wildman–Crippen LogP) is 2.21. The monoisotopic (exact) mass is 285 g/mol. The molecule has 0 saturated heterocycles. The molecule has 2 N–H and O–H groups in total. The summed E-state index contributed by atoms with van der Waals surface area (Å²) in [5.74, 6) is 0.781. The van der Waals surface area contributed by atoms with Crippen molar-refractivity contribution in [3.8, 4) is 5.75 Å². The van der Waals surface area contributed by atoms with Gasteiger partial charge in [-0.25, -0.2) is 0 Å². The molecule has 1 aromatic heterocycles. The third-order valence-corrected chi connectivity index (χ3v) is 3.01. The van der Waals surface area contributed by atoms with E-state index in [1.165, 1.54) is 0 Å². The van der Waals surface area contributed by atoms with Crippen LogP contribution < -0.4 is 15.4 Å². The fraction of sp³-hybridized carbons (Fsp3) is 0.250. The maximum Gasteiger partial charge on any atom is 0.222 e. The normalized spacial score (nSPS) is 9.95. The molecule has 0 aliphatic rings. The van der Waals surface area contributed by atoms with E-state index in [0.717, 1.165) is 17.0 Å². The summed E-state index contributed by atoms with van der Waals surface area (Å²) in [6.07, 6.45) is 3.83. The number of nitrogens with one attached hydrogen (secondary N) is 2. The number of amides is 1. The highest BCUT2D eigenvalue weighted by Crippen LogP contribution is 2.22. The van der Waals surface area contributed by atoms with Gasteiger partial charge in [0.05, 0.1) is 12.8 Å². The molecule has 2 aromatic rings. The number of methoxy groups -OCH3 is 1. The van der Waals surface area contributed by atoms with Crippen LogP contribution in [0.5, 0.6) is 5.75 Å². The molecule has 0 saturated carbocycles. The number of aromatic nitrogens is 1. The summed E-state index contributed by atoms with van der Waals surface area (Å²) in [4.78, 5) is 15.7. The van der Waals surface area contributed by atoms with Crippen LogP contribution in [-0.2, 0) is 11.3 Å². The number of hydrogen-bond acceptors (Lipinski definition) is 4. The molecule has 21 heavy (non-hydrogen) atoms. The zero-order valence-electron chi connectivity index (χ0n) is 12.0. The molecule has 1 aromatic carbocycles. The Bertz CT molecular complexity index is 573. The number of rotatable bonds is 7. The van der Waals surface area contributed by atoms with E-state index in [-0.39, 0.29) is 5.91 Å². The highest BCUT2D eigenvalue weighted by molar-refractivity contribution is 5.76. The van der Waals surface area contributed by atoms with Crippen molar-refractivity contribution >= 4 is 11.6 Å². The molecule has 1 heterocycles. The van der Waals surface area contributed by atoms with Gasteiger partial charge in [0.2, 0.25) is 5.91 Å². The second-order valence-corrected chi connectivity index (χ2v) is 4.51. The van der Waals surface area contributed by atoms with Gasteiger partial charge in [0.1, 0.15) is 5.75 Å². The summed E-state index contributed by atoms with van der Waals surface area (Å²) in [7, 11) is 1.63. The first-order valence-corrected chi connectivity index (χ1v) is 6.82. The molecule has 2 rings (SSSR count). The van der Waals surface area contributed by atoms with Crippen LogP contribution in [-0.4, -0.2) is 24.5 Å². The van der Waals surface area contributed by atoms with Crippen molar-refractivity contribution in [3.05, 3.63) is 54.4 Å². The number of pyridine rings is 1. The van der Waals surface area contributed by atoms with Crippen LogP contribution >= 0.6 is 0 Å². The highest BCUT2D eigenvalue weighted by atomic mass is 16.5. The van der Waals surface area contributed by atoms with Crippen molar-refractivity contribution in [2.24, 2.45) is 0 Å². The molecule has 0 aliphatic carbocycles. The molecule has 5 heteroatoms. The number of para-hydroxylation sites is 2. The van der Waals surface area contributed by atoms with Crippen molar-refractivity contribution < 1.29 is 9.53 Å². The van der Waals surface area contributed by atoms with Gasteiger partial charge in [-0.2, -0.15) is 0 Å². The minimum Gasteiger partial charge on any atom is -0.495 e. The smallest absolute Gasteiger partial charge is 0.222 e. The van der Waals surface area contributed by atoms with Gasteiger partial charge in [0.25, 0.3) is 0 Å². The molecule has 0 unspecified atom stereocenters. The largest absolute Gasteiger partial charge is 0.495 e. The van der Waals surface area contributed by atoms with Crippen molar-refractivity contribution in [2.45, 2.75) is 13.0 Å². The van der Waals surface area contributed by atoms with Crippen molar-refractivity contribution in [1.82, 2.24) is 10.3 Å². The summed E-state index contributed by atoms with van der Waals surface area (Å²) in [5, 5.41) is 6.07. The summed E-state index contributed by atoms with van der Waals surface area (Å²) in [6, 6.07) is 11.4. The first-order chi connectivity index (χ1) is 10.3. The summed E-state index contributed by atoms with van der Waals surface area (Å²) in [6.45, 7) is 1.08. The molecule has 0 atom stereocenters. The lowest BCUT2D eigenvalue weighted by molar-refractivity contribution is -0.121. The fourth-order valence-electron chi connectivity index (χ4n) is 1.89. The van der Waals surface area contributed by atoms with Gasteiger partial charge in [0.15, 0.2) is 0 Å². The molecule has 0 fully saturated rings. The van der Waals surface area contributed by atoms with Crippen LogP contribution in [0.2, 0.25) is 0 Å². The lowest BCUT2D eigenvalue weighted by Gasteiger charge is -2.10. The van der Waals surface area contributed by atoms with E-state index in [9.17, 15) is 4.79 Å². The van der Waals surface area contributed by atoms with Crippen LogP contribution in [0.3, 0.4) is 0 Å². The van der Waals surface area contributed by atoms with E-state index in [1.54, 1.807) is 19.5 Å². The molecular formula is C16H19N3O2. The average Bonchev–Trinajstić information content (AvgIpc) is 2.54. The number of anilines is 1. The van der Waals surface area contributed by atoms with Crippen molar-refractivity contribution in [3.63, 3.8) is 0 Å². The number of ether oxygens (including phenoxy) is 1. The SMILES string of the molecule is COc1ccccc1NCCC(=O)NCc1ccncc1. The maximum atomic E-state index is 11.8. The Hall–Kier alpha value is -2.56. The van der Waals surface area contributed by atoms with E-state index in [4.69, 9.17) is 4.74 Å². The van der Waals surface area contributed by atoms with Crippen LogP contribution in [0.15, 0.2) is 48.8 Å². The van der Waals surface area contributed by atoms with Gasteiger partial charge in [0, 0.05) is 31.9 Å². The Morgan fingerprint density at radius 1 is 1.19 bits per heavy atom. The molecule has 5 nitrogen and oxygen atoms in total. The van der Waals surface area contributed by atoms with E-state index < -0.39 is 0 Å². The zero-order chi connectivity index (χ0) is 14.9. The van der Waals surface area contributed by atoms with Gasteiger partial charge in [-0.1, -0.05) is 12.1 Å². The molecule has 0 spiro atoms. The molecular weight excluding hydrogens is 266 g/mol. The first kappa shape index (κ1) is 14.8. The average molecular weight is 285 g/mol. The number of benzene rings is 1. The van der Waals surface area contributed by atoms with Crippen molar-refractivity contribution in [1.29, 1.82) is 0 Å². The second-order valence-electron chi connectivity index (χ2n) is 4.51. The Morgan fingerprint density at radius 2 is 1.95 bits per heavy atom. The molecule has 0 bridgehead atoms. The number of hydrogen-bond donors (Lipinski definition) is 2. The highest BCUT2D eigenvalue weighted by Gasteiger charge is 2.03. The van der Waals surface area contributed by atoms with Crippen LogP contribution in [0.1, 0.15) is 12.0 Å². The molecule has 1 amide bonds. The van der Waals surface area contributed by atoms with Gasteiger partial charge >= 0.3 is 0 Å². The minimum atomic E-state index is 0.00853. The maximum absolute atomic E-state index is 11.8. The molecule has 0 radical (unpaired) electrons. The molecule has 0 aliphatic heterocycles. The van der Waals surface area contributed by atoms with E-state index in [0.29, 0.717) is 19.5 Å². The van der Waals surface area contributed by atoms with Crippen LogP contribution in [0, 0.1) is 0 Å². The number of nitrogens with zero attached hydrogens (tertiary/aromatic N) is 1. The Kier molecular flexibility index (Phi) is 5.58. The van der Waals surface area contributed by atoms with Crippen molar-refractivity contribution in [2.75, 3.05) is 19.0 Å².